The summed E-state index contributed by atoms with van der Waals surface area (Å²) in [5, 5.41) is 10.1. The third kappa shape index (κ3) is 5.79. The van der Waals surface area contributed by atoms with E-state index in [1.807, 2.05) is 13.8 Å². The summed E-state index contributed by atoms with van der Waals surface area (Å²) in [6, 6.07) is 3.51. The fourth-order valence-electron chi connectivity index (χ4n) is 3.44. The van der Waals surface area contributed by atoms with Gasteiger partial charge in [0.2, 0.25) is 0 Å². The first-order chi connectivity index (χ1) is 17.2. The molecular formula is C23H30N8O4S. The Hall–Kier alpha value is -3.58. The predicted octanol–water partition coefficient (Wildman–Crippen LogP) is 2.36. The Labute approximate surface area is 210 Å². The molecule has 0 spiro atoms. The number of hydrogen-bond acceptors (Lipinski definition) is 10. The number of ether oxygens (including phenoxy) is 1. The molecule has 13 heteroatoms. The maximum atomic E-state index is 12.9. The monoisotopic (exact) mass is 514 g/mol. The zero-order valence-corrected chi connectivity index (χ0v) is 21.5. The van der Waals surface area contributed by atoms with Gasteiger partial charge >= 0.3 is 0 Å². The number of nitrogens with one attached hydrogen (secondary N) is 2. The fraction of sp³-hybridized carbons (Fsp3) is 0.435. The minimum Gasteiger partial charge on any atom is -0.383 e. The van der Waals surface area contributed by atoms with E-state index < -0.39 is 10.0 Å². The minimum absolute atomic E-state index is 0.0881. The molecule has 3 aromatic rings. The lowest BCUT2D eigenvalue weighted by molar-refractivity contribution is 0.0744. The van der Waals surface area contributed by atoms with E-state index in [4.69, 9.17) is 4.74 Å². The smallest absolute Gasteiger partial charge is 0.257 e. The lowest BCUT2D eigenvalue weighted by Crippen LogP contribution is -2.31. The van der Waals surface area contributed by atoms with E-state index in [0.29, 0.717) is 60.3 Å². The van der Waals surface area contributed by atoms with Gasteiger partial charge in [0.25, 0.3) is 15.9 Å². The second-order valence-corrected chi connectivity index (χ2v) is 10.9. The van der Waals surface area contributed by atoms with Gasteiger partial charge in [0.1, 0.15) is 11.6 Å². The molecule has 192 valence electrons. The Balaban J connectivity index is 1.55. The van der Waals surface area contributed by atoms with Crippen molar-refractivity contribution in [2.24, 2.45) is 0 Å². The van der Waals surface area contributed by atoms with Crippen molar-refractivity contribution < 1.29 is 17.9 Å². The second-order valence-electron chi connectivity index (χ2n) is 8.87. The van der Waals surface area contributed by atoms with Gasteiger partial charge in [-0.2, -0.15) is 9.19 Å². The van der Waals surface area contributed by atoms with E-state index in [2.05, 4.69) is 30.7 Å². The lowest BCUT2D eigenvalue weighted by Gasteiger charge is -2.20. The van der Waals surface area contributed by atoms with Crippen LogP contribution in [0.15, 0.2) is 36.9 Å². The molecular weight excluding hydrogens is 484 g/mol. The molecule has 36 heavy (non-hydrogen) atoms. The highest BCUT2D eigenvalue weighted by Crippen LogP contribution is 2.30. The Morgan fingerprint density at radius 2 is 2.03 bits per heavy atom. The highest BCUT2D eigenvalue weighted by atomic mass is 32.2. The summed E-state index contributed by atoms with van der Waals surface area (Å²) in [7, 11) is -0.164. The van der Waals surface area contributed by atoms with Crippen molar-refractivity contribution >= 4 is 33.3 Å². The molecule has 0 saturated heterocycles. The first-order valence-electron chi connectivity index (χ1n) is 11.6. The molecule has 1 fully saturated rings. The number of rotatable bonds is 11. The summed E-state index contributed by atoms with van der Waals surface area (Å²) in [5.41, 5.74) is 1.57. The van der Waals surface area contributed by atoms with E-state index in [0.717, 1.165) is 4.09 Å². The third-order valence-electron chi connectivity index (χ3n) is 5.49. The average Bonchev–Trinajstić information content (AvgIpc) is 3.59. The summed E-state index contributed by atoms with van der Waals surface area (Å²) in [6.07, 6.45) is 7.25. The zero-order chi connectivity index (χ0) is 25.9. The maximum Gasteiger partial charge on any atom is 0.257 e. The number of methoxy groups -OCH3 is 1. The molecule has 3 aromatic heterocycles. The largest absolute Gasteiger partial charge is 0.383 e. The molecule has 0 unspecified atom stereocenters. The number of carbonyl (C=O) groups is 1. The molecule has 1 saturated carbocycles. The zero-order valence-electron chi connectivity index (χ0n) is 20.7. The van der Waals surface area contributed by atoms with Crippen LogP contribution in [-0.4, -0.2) is 82.0 Å². The molecule has 0 radical (unpaired) electrons. The van der Waals surface area contributed by atoms with Crippen molar-refractivity contribution in [2.75, 3.05) is 37.9 Å². The van der Waals surface area contributed by atoms with Crippen LogP contribution in [0.1, 0.15) is 37.0 Å². The van der Waals surface area contributed by atoms with Gasteiger partial charge in [0, 0.05) is 45.2 Å². The van der Waals surface area contributed by atoms with Gasteiger partial charge in [0.15, 0.2) is 5.82 Å². The van der Waals surface area contributed by atoms with Crippen molar-refractivity contribution in [3.05, 3.63) is 42.5 Å². The number of carbonyl (C=O) groups excluding carboxylic acids is 1. The average molecular weight is 515 g/mol. The van der Waals surface area contributed by atoms with Crippen molar-refractivity contribution in [3.63, 3.8) is 0 Å². The van der Waals surface area contributed by atoms with Gasteiger partial charge in [-0.05, 0) is 32.8 Å². The van der Waals surface area contributed by atoms with Gasteiger partial charge in [-0.25, -0.2) is 23.4 Å². The third-order valence-corrected chi connectivity index (χ3v) is 7.53. The van der Waals surface area contributed by atoms with Crippen LogP contribution in [0, 0.1) is 0 Å². The van der Waals surface area contributed by atoms with Gasteiger partial charge < -0.3 is 20.3 Å². The molecule has 12 nitrogen and oxygen atoms in total. The molecule has 1 amide bonds. The summed E-state index contributed by atoms with van der Waals surface area (Å²) < 4.78 is 30.9. The molecule has 2 N–H and O–H groups in total. The number of anilines is 3. The highest BCUT2D eigenvalue weighted by molar-refractivity contribution is 7.90. The number of nitrogens with zero attached hydrogens (tertiary/aromatic N) is 6. The number of amides is 1. The lowest BCUT2D eigenvalue weighted by atomic mass is 10.2. The van der Waals surface area contributed by atoms with Crippen LogP contribution < -0.4 is 10.6 Å². The van der Waals surface area contributed by atoms with E-state index in [9.17, 15) is 13.2 Å². The van der Waals surface area contributed by atoms with Crippen LogP contribution in [-0.2, 0) is 14.8 Å². The summed E-state index contributed by atoms with van der Waals surface area (Å²) in [4.78, 5) is 27.7. The first kappa shape index (κ1) is 25.5. The summed E-state index contributed by atoms with van der Waals surface area (Å²) in [6.45, 7) is 4.86. The Bertz CT molecular complexity index is 1340. The molecule has 1 aliphatic rings. The SMILES string of the molecule is COCCN(C)C(=O)c1cnc(Nc2ccnc(-c3cnn(S(=O)(=O)C4CC4)c3)n2)cc1NC(C)C. The molecule has 3 heterocycles. The molecule has 0 atom stereocenters. The predicted molar refractivity (Wildman–Crippen MR) is 136 cm³/mol. The van der Waals surface area contributed by atoms with Gasteiger partial charge in [-0.3, -0.25) is 4.79 Å². The summed E-state index contributed by atoms with van der Waals surface area (Å²) in [5.74, 6) is 1.09. The molecule has 0 aliphatic heterocycles. The molecule has 0 bridgehead atoms. The van der Waals surface area contributed by atoms with Crippen LogP contribution in [0.3, 0.4) is 0 Å². The number of aromatic nitrogens is 5. The van der Waals surface area contributed by atoms with E-state index in [1.165, 1.54) is 18.6 Å². The number of pyridine rings is 1. The van der Waals surface area contributed by atoms with Crippen LogP contribution in [0.2, 0.25) is 0 Å². The fourth-order valence-corrected chi connectivity index (χ4v) is 4.91. The molecule has 1 aliphatic carbocycles. The van der Waals surface area contributed by atoms with Crippen LogP contribution in [0.4, 0.5) is 17.3 Å². The van der Waals surface area contributed by atoms with E-state index in [-0.39, 0.29) is 17.2 Å². The number of hydrogen-bond donors (Lipinski definition) is 2. The Morgan fingerprint density at radius 1 is 1.25 bits per heavy atom. The van der Waals surface area contributed by atoms with Crippen molar-refractivity contribution in [3.8, 4) is 11.4 Å². The quantitative estimate of drug-likeness (QED) is 0.391. The Kier molecular flexibility index (Phi) is 7.50. The van der Waals surface area contributed by atoms with Crippen molar-refractivity contribution in [1.82, 2.24) is 29.0 Å². The van der Waals surface area contributed by atoms with Crippen LogP contribution >= 0.6 is 0 Å². The topological polar surface area (TPSA) is 144 Å². The molecule has 4 rings (SSSR count). The van der Waals surface area contributed by atoms with Gasteiger partial charge in [0.05, 0.1) is 41.1 Å². The summed E-state index contributed by atoms with van der Waals surface area (Å²) >= 11 is 0. The van der Waals surface area contributed by atoms with Crippen LogP contribution in [0.5, 0.6) is 0 Å². The highest BCUT2D eigenvalue weighted by Gasteiger charge is 2.37. The standard InChI is InChI=1S/C23H30N8O4S/c1-15(2)27-19-11-21(25-13-18(19)23(32)30(3)9-10-35-4)28-20-7-8-24-22(29-20)16-12-26-31(14-16)36(33,34)17-5-6-17/h7-8,11-15,17H,5-6,9-10H2,1-4H3,(H2,24,25,27,28,29). The maximum absolute atomic E-state index is 12.9. The minimum atomic E-state index is -3.47. The van der Waals surface area contributed by atoms with E-state index >= 15 is 0 Å². The second kappa shape index (κ2) is 10.6. The molecule has 0 aromatic carbocycles. The van der Waals surface area contributed by atoms with Crippen molar-refractivity contribution in [2.45, 2.75) is 38.0 Å². The van der Waals surface area contributed by atoms with Gasteiger partial charge in [-0.1, -0.05) is 0 Å². The Morgan fingerprint density at radius 3 is 2.72 bits per heavy atom. The van der Waals surface area contributed by atoms with Gasteiger partial charge in [-0.15, -0.1) is 0 Å². The number of likely N-dealkylation sites (N-methyl/N-ethyl adjacent to an activating group) is 1. The normalized spacial score (nSPS) is 13.6. The first-order valence-corrected chi connectivity index (χ1v) is 13.1. The van der Waals surface area contributed by atoms with Crippen molar-refractivity contribution in [1.29, 1.82) is 0 Å². The van der Waals surface area contributed by atoms with E-state index in [1.54, 1.807) is 37.4 Å². The van der Waals surface area contributed by atoms with Crippen LogP contribution in [0.25, 0.3) is 11.4 Å².